The molecule has 3 heteroatoms. The van der Waals surface area contributed by atoms with Crippen LogP contribution in [0.25, 0.3) is 0 Å². The Morgan fingerprint density at radius 2 is 1.53 bits per heavy atom. The minimum atomic E-state index is -1.71. The molecular weight excluding hydrogens is 191 g/mol. The van der Waals surface area contributed by atoms with Gasteiger partial charge in [0.05, 0.1) is 0 Å². The van der Waals surface area contributed by atoms with Gasteiger partial charge >= 0.3 is 0 Å². The van der Waals surface area contributed by atoms with E-state index < -0.39 is 11.3 Å². The van der Waals surface area contributed by atoms with Gasteiger partial charge in [-0.15, -0.1) is 0 Å². The molecule has 0 aromatic rings. The second-order valence-electron chi connectivity index (χ2n) is 6.07. The van der Waals surface area contributed by atoms with E-state index in [0.717, 1.165) is 12.8 Å². The Hall–Kier alpha value is -0.150. The molecule has 0 rings (SSSR count). The topological polar surface area (TPSA) is 52.0 Å². The van der Waals surface area contributed by atoms with Gasteiger partial charge in [0.2, 0.25) is 0 Å². The summed E-state index contributed by atoms with van der Waals surface area (Å²) in [6.45, 7) is 11.5. The zero-order valence-corrected chi connectivity index (χ0v) is 11.0. The lowest BCUT2D eigenvalue weighted by atomic mass is 9.70. The van der Waals surface area contributed by atoms with Crippen LogP contribution in [0.15, 0.2) is 0 Å². The van der Waals surface area contributed by atoms with Crippen molar-refractivity contribution in [1.82, 2.24) is 0 Å². The monoisotopic (exact) mass is 218 g/mol. The fraction of sp³-hybridized carbons (Fsp3) is 1.00. The molecule has 0 saturated heterocycles. The maximum atomic E-state index is 13.7. The fourth-order valence-electron chi connectivity index (χ4n) is 1.95. The lowest BCUT2D eigenvalue weighted by molar-refractivity contribution is 0.0478. The molecule has 15 heavy (non-hydrogen) atoms. The van der Waals surface area contributed by atoms with Crippen LogP contribution >= 0.6 is 0 Å². The van der Waals surface area contributed by atoms with Crippen molar-refractivity contribution in [1.29, 1.82) is 0 Å². The molecule has 2 nitrogen and oxygen atoms in total. The molecule has 0 amide bonds. The van der Waals surface area contributed by atoms with Gasteiger partial charge in [0.1, 0.15) is 0 Å². The third-order valence-corrected chi connectivity index (χ3v) is 3.65. The first kappa shape index (κ1) is 14.8. The zero-order chi connectivity index (χ0) is 12.5. The van der Waals surface area contributed by atoms with Crippen LogP contribution in [0.3, 0.4) is 0 Å². The summed E-state index contributed by atoms with van der Waals surface area (Å²) in [6, 6.07) is 0. The average molecular weight is 218 g/mol. The molecule has 0 aromatic carbocycles. The van der Waals surface area contributed by atoms with Crippen LogP contribution in [0, 0.1) is 11.3 Å². The van der Waals surface area contributed by atoms with Crippen LogP contribution < -0.4 is 11.5 Å². The summed E-state index contributed by atoms with van der Waals surface area (Å²) in [5.41, 5.74) is 11.2. The predicted molar refractivity (Wildman–Crippen MR) is 64.1 cm³/mol. The van der Waals surface area contributed by atoms with Crippen molar-refractivity contribution >= 4 is 0 Å². The lowest BCUT2D eigenvalue weighted by Crippen LogP contribution is -2.56. The Labute approximate surface area is 93.6 Å². The molecule has 0 aliphatic rings. The van der Waals surface area contributed by atoms with E-state index in [0.29, 0.717) is 0 Å². The summed E-state index contributed by atoms with van der Waals surface area (Å²) in [5.74, 6) is -2.08. The van der Waals surface area contributed by atoms with Gasteiger partial charge in [-0.2, -0.15) is 0 Å². The third kappa shape index (κ3) is 4.47. The molecule has 0 spiro atoms. The van der Waals surface area contributed by atoms with Crippen molar-refractivity contribution < 1.29 is 4.39 Å². The molecular formula is C12H27FN2. The SMILES string of the molecule is CCC(C)(C)CC(C)(N)C(C)C(C)(N)F. The van der Waals surface area contributed by atoms with Gasteiger partial charge < -0.3 is 5.73 Å². The summed E-state index contributed by atoms with van der Waals surface area (Å²) < 4.78 is 13.7. The Balaban J connectivity index is 4.69. The van der Waals surface area contributed by atoms with Crippen LogP contribution in [-0.2, 0) is 0 Å². The molecule has 0 aliphatic heterocycles. The predicted octanol–water partition coefficient (Wildman–Crippen LogP) is 2.81. The Morgan fingerprint density at radius 1 is 1.13 bits per heavy atom. The largest absolute Gasteiger partial charge is 0.325 e. The molecule has 0 fully saturated rings. The van der Waals surface area contributed by atoms with Crippen molar-refractivity contribution in [2.24, 2.45) is 22.8 Å². The summed E-state index contributed by atoms with van der Waals surface area (Å²) in [4.78, 5) is 0. The summed E-state index contributed by atoms with van der Waals surface area (Å²) in [7, 11) is 0. The molecule has 3 unspecified atom stereocenters. The molecule has 0 saturated carbocycles. The molecule has 0 radical (unpaired) electrons. The van der Waals surface area contributed by atoms with Crippen LogP contribution in [0.2, 0.25) is 0 Å². The molecule has 0 aromatic heterocycles. The van der Waals surface area contributed by atoms with Gasteiger partial charge in [-0.1, -0.05) is 34.1 Å². The lowest BCUT2D eigenvalue weighted by Gasteiger charge is -2.42. The van der Waals surface area contributed by atoms with E-state index in [4.69, 9.17) is 11.5 Å². The first-order valence-electron chi connectivity index (χ1n) is 5.69. The average Bonchev–Trinajstić information content (AvgIpc) is 1.99. The van der Waals surface area contributed by atoms with E-state index in [1.807, 2.05) is 6.92 Å². The first-order valence-corrected chi connectivity index (χ1v) is 5.69. The highest BCUT2D eigenvalue weighted by Crippen LogP contribution is 2.36. The van der Waals surface area contributed by atoms with Crippen molar-refractivity contribution in [2.75, 3.05) is 0 Å². The maximum Gasteiger partial charge on any atom is 0.160 e. The molecule has 3 atom stereocenters. The smallest absolute Gasteiger partial charge is 0.160 e. The first-order chi connectivity index (χ1) is 6.42. The standard InChI is InChI=1S/C12H27FN2/c1-7-10(3,4)8-11(5,14)9(2)12(6,13)15/h9H,7-8,14-15H2,1-6H3. The van der Waals surface area contributed by atoms with Gasteiger partial charge in [-0.25, -0.2) is 4.39 Å². The number of alkyl halides is 1. The third-order valence-electron chi connectivity index (χ3n) is 3.65. The van der Waals surface area contributed by atoms with Gasteiger partial charge in [-0.05, 0) is 25.7 Å². The second-order valence-corrected chi connectivity index (χ2v) is 6.07. The van der Waals surface area contributed by atoms with E-state index in [9.17, 15) is 4.39 Å². The highest BCUT2D eigenvalue weighted by Gasteiger charge is 2.41. The van der Waals surface area contributed by atoms with Crippen molar-refractivity contribution in [2.45, 2.75) is 65.7 Å². The molecule has 0 heterocycles. The Kier molecular flexibility index (Phi) is 4.34. The maximum absolute atomic E-state index is 13.7. The van der Waals surface area contributed by atoms with Gasteiger partial charge in [0.15, 0.2) is 5.79 Å². The molecule has 0 bridgehead atoms. The van der Waals surface area contributed by atoms with Crippen LogP contribution in [0.4, 0.5) is 4.39 Å². The van der Waals surface area contributed by atoms with E-state index in [2.05, 4.69) is 20.8 Å². The van der Waals surface area contributed by atoms with Gasteiger partial charge in [-0.3, -0.25) is 5.73 Å². The number of halogens is 1. The van der Waals surface area contributed by atoms with Gasteiger partial charge in [0, 0.05) is 11.5 Å². The number of hydrogen-bond donors (Lipinski definition) is 2. The quantitative estimate of drug-likeness (QED) is 0.697. The molecule has 4 N–H and O–H groups in total. The van der Waals surface area contributed by atoms with Crippen LogP contribution in [0.1, 0.15) is 54.4 Å². The van der Waals surface area contributed by atoms with E-state index in [-0.39, 0.29) is 11.3 Å². The van der Waals surface area contributed by atoms with E-state index in [1.54, 1.807) is 6.92 Å². The highest BCUT2D eigenvalue weighted by molar-refractivity contribution is 4.95. The second kappa shape index (κ2) is 4.38. The highest BCUT2D eigenvalue weighted by atomic mass is 19.1. The fourth-order valence-corrected chi connectivity index (χ4v) is 1.95. The number of rotatable bonds is 5. The van der Waals surface area contributed by atoms with Gasteiger partial charge in [0.25, 0.3) is 0 Å². The van der Waals surface area contributed by atoms with Crippen LogP contribution in [-0.4, -0.2) is 11.3 Å². The van der Waals surface area contributed by atoms with E-state index >= 15 is 0 Å². The van der Waals surface area contributed by atoms with Crippen molar-refractivity contribution in [3.05, 3.63) is 0 Å². The zero-order valence-electron chi connectivity index (χ0n) is 11.0. The van der Waals surface area contributed by atoms with Crippen molar-refractivity contribution in [3.63, 3.8) is 0 Å². The minimum absolute atomic E-state index is 0.128. The van der Waals surface area contributed by atoms with Crippen LogP contribution in [0.5, 0.6) is 0 Å². The Morgan fingerprint density at radius 3 is 1.80 bits per heavy atom. The summed E-state index contributed by atoms with van der Waals surface area (Å²) in [5, 5.41) is 0. The minimum Gasteiger partial charge on any atom is -0.325 e. The van der Waals surface area contributed by atoms with Crippen molar-refractivity contribution in [3.8, 4) is 0 Å². The number of nitrogens with two attached hydrogens (primary N) is 2. The summed E-state index contributed by atoms with van der Waals surface area (Å²) in [6.07, 6.45) is 1.80. The number of hydrogen-bond acceptors (Lipinski definition) is 2. The summed E-state index contributed by atoms with van der Waals surface area (Å²) >= 11 is 0. The normalized spacial score (nSPS) is 23.0. The van der Waals surface area contributed by atoms with E-state index in [1.165, 1.54) is 6.92 Å². The molecule has 0 aliphatic carbocycles. The molecule has 92 valence electrons. The Bertz CT molecular complexity index is 204.